The van der Waals surface area contributed by atoms with Crippen molar-refractivity contribution in [1.29, 1.82) is 0 Å². The van der Waals surface area contributed by atoms with Crippen LogP contribution < -0.4 is 4.74 Å². The van der Waals surface area contributed by atoms with E-state index in [4.69, 9.17) is 9.84 Å². The zero-order valence-corrected chi connectivity index (χ0v) is 11.2. The van der Waals surface area contributed by atoms with Crippen LogP contribution in [0.4, 0.5) is 5.69 Å². The van der Waals surface area contributed by atoms with Crippen molar-refractivity contribution in [2.24, 2.45) is 0 Å². The summed E-state index contributed by atoms with van der Waals surface area (Å²) in [5.74, 6) is 0.0332. The van der Waals surface area contributed by atoms with Crippen LogP contribution in [0.1, 0.15) is 12.0 Å². The van der Waals surface area contributed by atoms with Crippen molar-refractivity contribution >= 4 is 15.5 Å². The third-order valence-corrected chi connectivity index (χ3v) is 3.35. The molecule has 1 aromatic carbocycles. The summed E-state index contributed by atoms with van der Waals surface area (Å²) in [6.07, 6.45) is 1.38. The number of nitrogens with zero attached hydrogens (tertiary/aromatic N) is 1. The number of rotatable bonds is 7. The minimum atomic E-state index is -3.06. The number of benzene rings is 1. The first-order valence-corrected chi connectivity index (χ1v) is 7.58. The molecule has 1 N–H and O–H groups in total. The van der Waals surface area contributed by atoms with Crippen LogP contribution in [0.25, 0.3) is 0 Å². The second-order valence-corrected chi connectivity index (χ2v) is 6.31. The Morgan fingerprint density at radius 1 is 1.42 bits per heavy atom. The second-order valence-electron chi connectivity index (χ2n) is 4.05. The molecular formula is C11H15NO6S. The lowest BCUT2D eigenvalue weighted by atomic mass is 10.2. The molecule has 0 amide bonds. The van der Waals surface area contributed by atoms with E-state index in [1.165, 1.54) is 18.2 Å². The van der Waals surface area contributed by atoms with Crippen LogP contribution in [0.3, 0.4) is 0 Å². The van der Waals surface area contributed by atoms with Gasteiger partial charge in [-0.1, -0.05) is 6.07 Å². The van der Waals surface area contributed by atoms with Crippen LogP contribution in [0, 0.1) is 10.1 Å². The van der Waals surface area contributed by atoms with E-state index in [0.717, 1.165) is 6.26 Å². The maximum Gasteiger partial charge on any atom is 0.311 e. The Labute approximate surface area is 110 Å². The van der Waals surface area contributed by atoms with Crippen molar-refractivity contribution in [3.8, 4) is 5.75 Å². The molecule has 0 fully saturated rings. The number of sulfone groups is 1. The second kappa shape index (κ2) is 6.48. The largest absolute Gasteiger partial charge is 0.487 e. The summed E-state index contributed by atoms with van der Waals surface area (Å²) in [4.78, 5) is 10.2. The SMILES string of the molecule is CS(=O)(=O)CCCOc1ccc(CO)cc1[N+](=O)[O-]. The van der Waals surface area contributed by atoms with Gasteiger partial charge >= 0.3 is 5.69 Å². The normalized spacial score (nSPS) is 11.3. The Morgan fingerprint density at radius 3 is 2.63 bits per heavy atom. The summed E-state index contributed by atoms with van der Waals surface area (Å²) in [5, 5.41) is 19.7. The van der Waals surface area contributed by atoms with E-state index in [-0.39, 0.29) is 36.8 Å². The van der Waals surface area contributed by atoms with Crippen LogP contribution in [-0.2, 0) is 16.4 Å². The van der Waals surface area contributed by atoms with Crippen LogP contribution in [0.15, 0.2) is 18.2 Å². The zero-order valence-electron chi connectivity index (χ0n) is 10.4. The van der Waals surface area contributed by atoms with Gasteiger partial charge in [0.05, 0.1) is 23.9 Å². The van der Waals surface area contributed by atoms with Crippen LogP contribution in [0.2, 0.25) is 0 Å². The molecule has 0 unspecified atom stereocenters. The molecule has 0 spiro atoms. The molecule has 7 nitrogen and oxygen atoms in total. The highest BCUT2D eigenvalue weighted by atomic mass is 32.2. The van der Waals surface area contributed by atoms with Crippen molar-refractivity contribution < 1.29 is 23.2 Å². The molecule has 0 bridgehead atoms. The number of aliphatic hydroxyl groups excluding tert-OH is 1. The van der Waals surface area contributed by atoms with E-state index in [9.17, 15) is 18.5 Å². The van der Waals surface area contributed by atoms with Gasteiger partial charge in [0, 0.05) is 12.3 Å². The van der Waals surface area contributed by atoms with Crippen molar-refractivity contribution in [3.63, 3.8) is 0 Å². The van der Waals surface area contributed by atoms with Crippen LogP contribution in [-0.4, -0.2) is 37.1 Å². The number of hydrogen-bond donors (Lipinski definition) is 1. The molecule has 1 aromatic rings. The highest BCUT2D eigenvalue weighted by Crippen LogP contribution is 2.28. The molecule has 0 radical (unpaired) electrons. The minimum Gasteiger partial charge on any atom is -0.487 e. The Balaban J connectivity index is 2.70. The van der Waals surface area contributed by atoms with Crippen molar-refractivity contribution in [3.05, 3.63) is 33.9 Å². The lowest BCUT2D eigenvalue weighted by Crippen LogP contribution is -2.08. The predicted octanol–water partition coefficient (Wildman–Crippen LogP) is 0.901. The summed E-state index contributed by atoms with van der Waals surface area (Å²) in [5.41, 5.74) is 0.168. The zero-order chi connectivity index (χ0) is 14.5. The van der Waals surface area contributed by atoms with Gasteiger partial charge in [-0.05, 0) is 18.1 Å². The third kappa shape index (κ3) is 5.23. The monoisotopic (exact) mass is 289 g/mol. The van der Waals surface area contributed by atoms with Gasteiger partial charge in [-0.3, -0.25) is 10.1 Å². The number of aliphatic hydroxyl groups is 1. The standard InChI is InChI=1S/C11H15NO6S/c1-19(16,17)6-2-5-18-11-4-3-9(8-13)7-10(11)12(14)15/h3-4,7,13H,2,5-6,8H2,1H3. The van der Waals surface area contributed by atoms with Gasteiger partial charge in [0.1, 0.15) is 9.84 Å². The maximum atomic E-state index is 10.9. The highest BCUT2D eigenvalue weighted by Gasteiger charge is 2.16. The highest BCUT2D eigenvalue weighted by molar-refractivity contribution is 7.90. The minimum absolute atomic E-state index is 0.0322. The summed E-state index contributed by atoms with van der Waals surface area (Å²) in [6, 6.07) is 4.13. The van der Waals surface area contributed by atoms with E-state index in [1.807, 2.05) is 0 Å². The third-order valence-electron chi connectivity index (χ3n) is 2.32. The first-order valence-electron chi connectivity index (χ1n) is 5.52. The van der Waals surface area contributed by atoms with Gasteiger partial charge in [-0.25, -0.2) is 8.42 Å². The fourth-order valence-electron chi connectivity index (χ4n) is 1.43. The van der Waals surface area contributed by atoms with E-state index < -0.39 is 14.8 Å². The van der Waals surface area contributed by atoms with Gasteiger partial charge < -0.3 is 9.84 Å². The fourth-order valence-corrected chi connectivity index (χ4v) is 2.07. The Kier molecular flexibility index (Phi) is 5.25. The molecule has 0 aliphatic carbocycles. The Bertz CT molecular complexity index is 554. The van der Waals surface area contributed by atoms with E-state index in [1.54, 1.807) is 0 Å². The first kappa shape index (κ1) is 15.4. The Morgan fingerprint density at radius 2 is 2.11 bits per heavy atom. The quantitative estimate of drug-likeness (QED) is 0.454. The van der Waals surface area contributed by atoms with Gasteiger partial charge in [0.15, 0.2) is 5.75 Å². The molecule has 19 heavy (non-hydrogen) atoms. The van der Waals surface area contributed by atoms with E-state index in [2.05, 4.69) is 0 Å². The number of nitro groups is 1. The number of nitro benzene ring substituents is 1. The molecule has 0 atom stereocenters. The average Bonchev–Trinajstić information content (AvgIpc) is 2.33. The first-order chi connectivity index (χ1) is 8.83. The average molecular weight is 289 g/mol. The van der Waals surface area contributed by atoms with Gasteiger partial charge in [-0.15, -0.1) is 0 Å². The molecule has 0 aliphatic rings. The molecule has 1 rings (SSSR count). The molecule has 8 heteroatoms. The Hall–Kier alpha value is -1.67. The van der Waals surface area contributed by atoms with Crippen molar-refractivity contribution in [2.45, 2.75) is 13.0 Å². The van der Waals surface area contributed by atoms with Crippen LogP contribution >= 0.6 is 0 Å². The molecule has 0 saturated carbocycles. The van der Waals surface area contributed by atoms with Crippen molar-refractivity contribution in [2.75, 3.05) is 18.6 Å². The topological polar surface area (TPSA) is 107 Å². The molecular weight excluding hydrogens is 274 g/mol. The summed E-state index contributed by atoms with van der Waals surface area (Å²) < 4.78 is 27.0. The molecule has 0 aliphatic heterocycles. The van der Waals surface area contributed by atoms with E-state index >= 15 is 0 Å². The molecule has 0 aromatic heterocycles. The predicted molar refractivity (Wildman–Crippen MR) is 68.8 cm³/mol. The summed E-state index contributed by atoms with van der Waals surface area (Å²) >= 11 is 0. The molecule has 0 saturated heterocycles. The van der Waals surface area contributed by atoms with Gasteiger partial charge in [0.2, 0.25) is 0 Å². The van der Waals surface area contributed by atoms with Crippen molar-refractivity contribution in [1.82, 2.24) is 0 Å². The number of ether oxygens (including phenoxy) is 1. The molecule has 0 heterocycles. The molecule has 106 valence electrons. The lowest BCUT2D eigenvalue weighted by molar-refractivity contribution is -0.386. The summed E-state index contributed by atoms with van der Waals surface area (Å²) in [7, 11) is -3.06. The number of hydrogen-bond acceptors (Lipinski definition) is 6. The summed E-state index contributed by atoms with van der Waals surface area (Å²) in [6.45, 7) is -0.221. The van der Waals surface area contributed by atoms with Gasteiger partial charge in [-0.2, -0.15) is 0 Å². The fraction of sp³-hybridized carbons (Fsp3) is 0.455. The van der Waals surface area contributed by atoms with Gasteiger partial charge in [0.25, 0.3) is 0 Å². The maximum absolute atomic E-state index is 10.9. The van der Waals surface area contributed by atoms with E-state index in [0.29, 0.717) is 5.56 Å². The van der Waals surface area contributed by atoms with Crippen LogP contribution in [0.5, 0.6) is 5.75 Å². The lowest BCUT2D eigenvalue weighted by Gasteiger charge is -2.07. The smallest absolute Gasteiger partial charge is 0.311 e.